The highest BCUT2D eigenvalue weighted by molar-refractivity contribution is 5.79. The van der Waals surface area contributed by atoms with E-state index in [4.69, 9.17) is 4.74 Å². The fourth-order valence-corrected chi connectivity index (χ4v) is 0.988. The van der Waals surface area contributed by atoms with Crippen molar-refractivity contribution < 1.29 is 13.9 Å². The molecule has 13 heavy (non-hydrogen) atoms. The largest absolute Gasteiger partial charge is 0.490 e. The van der Waals surface area contributed by atoms with Crippen molar-refractivity contribution in [2.45, 2.75) is 20.0 Å². The Morgan fingerprint density at radius 1 is 1.46 bits per heavy atom. The van der Waals surface area contributed by atoms with Crippen LogP contribution in [0.1, 0.15) is 24.2 Å². The minimum atomic E-state index is -0.548. The van der Waals surface area contributed by atoms with Crippen LogP contribution in [-0.4, -0.2) is 12.4 Å². The summed E-state index contributed by atoms with van der Waals surface area (Å²) < 4.78 is 18.2. The molecule has 0 saturated carbocycles. The van der Waals surface area contributed by atoms with Crippen molar-refractivity contribution >= 4 is 6.29 Å². The second-order valence-corrected chi connectivity index (χ2v) is 2.94. The Morgan fingerprint density at radius 2 is 2.15 bits per heavy atom. The van der Waals surface area contributed by atoms with Gasteiger partial charge in [0, 0.05) is 0 Å². The average Bonchev–Trinajstić information content (AvgIpc) is 2.03. The van der Waals surface area contributed by atoms with Crippen LogP contribution in [0.15, 0.2) is 18.2 Å². The summed E-state index contributed by atoms with van der Waals surface area (Å²) >= 11 is 0. The highest BCUT2D eigenvalue weighted by Gasteiger charge is 2.08. The SMILES string of the molecule is CC(C)Oc1cccc(F)c1C=O. The van der Waals surface area contributed by atoms with E-state index in [0.717, 1.165) is 0 Å². The molecule has 0 bridgehead atoms. The van der Waals surface area contributed by atoms with Crippen molar-refractivity contribution in [1.29, 1.82) is 0 Å². The number of halogens is 1. The number of aldehydes is 1. The van der Waals surface area contributed by atoms with Crippen molar-refractivity contribution in [3.05, 3.63) is 29.6 Å². The molecule has 1 rings (SSSR count). The van der Waals surface area contributed by atoms with Gasteiger partial charge in [-0.15, -0.1) is 0 Å². The van der Waals surface area contributed by atoms with E-state index in [0.29, 0.717) is 12.0 Å². The molecule has 70 valence electrons. The third kappa shape index (κ3) is 2.28. The van der Waals surface area contributed by atoms with Crippen LogP contribution in [0.2, 0.25) is 0 Å². The summed E-state index contributed by atoms with van der Waals surface area (Å²) in [5.41, 5.74) is -0.0174. The second kappa shape index (κ2) is 4.03. The van der Waals surface area contributed by atoms with Gasteiger partial charge < -0.3 is 4.74 Å². The van der Waals surface area contributed by atoms with Crippen LogP contribution in [0.25, 0.3) is 0 Å². The molecule has 1 aromatic rings. The van der Waals surface area contributed by atoms with Crippen LogP contribution in [-0.2, 0) is 0 Å². The third-order valence-corrected chi connectivity index (χ3v) is 1.49. The zero-order valence-electron chi connectivity index (χ0n) is 7.58. The molecule has 0 heterocycles. The molecule has 0 saturated heterocycles. The van der Waals surface area contributed by atoms with Crippen LogP contribution in [0.5, 0.6) is 5.75 Å². The summed E-state index contributed by atoms with van der Waals surface area (Å²) in [4.78, 5) is 10.5. The van der Waals surface area contributed by atoms with E-state index in [1.54, 1.807) is 6.07 Å². The number of carbonyl (C=O) groups excluding carboxylic acids is 1. The Hall–Kier alpha value is -1.38. The van der Waals surface area contributed by atoms with Crippen molar-refractivity contribution in [3.8, 4) is 5.75 Å². The van der Waals surface area contributed by atoms with Gasteiger partial charge in [0.1, 0.15) is 11.6 Å². The van der Waals surface area contributed by atoms with Gasteiger partial charge in [-0.05, 0) is 26.0 Å². The maximum absolute atomic E-state index is 13.0. The van der Waals surface area contributed by atoms with E-state index in [9.17, 15) is 9.18 Å². The number of carbonyl (C=O) groups is 1. The number of hydrogen-bond donors (Lipinski definition) is 0. The molecule has 0 aromatic heterocycles. The minimum absolute atomic E-state index is 0.0174. The molecule has 1 aromatic carbocycles. The van der Waals surface area contributed by atoms with E-state index in [2.05, 4.69) is 0 Å². The standard InChI is InChI=1S/C10H11FO2/c1-7(2)13-10-5-3-4-9(11)8(10)6-12/h3-7H,1-2H3. The molecular formula is C10H11FO2. The topological polar surface area (TPSA) is 26.3 Å². The monoisotopic (exact) mass is 182 g/mol. The summed E-state index contributed by atoms with van der Waals surface area (Å²) in [6.07, 6.45) is 0.396. The Bertz CT molecular complexity index is 308. The summed E-state index contributed by atoms with van der Waals surface area (Å²) in [6, 6.07) is 4.32. The Kier molecular flexibility index (Phi) is 3.01. The smallest absolute Gasteiger partial charge is 0.156 e. The lowest BCUT2D eigenvalue weighted by molar-refractivity contribution is 0.111. The fraction of sp³-hybridized carbons (Fsp3) is 0.300. The van der Waals surface area contributed by atoms with E-state index in [-0.39, 0.29) is 11.7 Å². The first-order chi connectivity index (χ1) is 6.15. The highest BCUT2D eigenvalue weighted by Crippen LogP contribution is 2.20. The molecule has 3 heteroatoms. The first-order valence-corrected chi connectivity index (χ1v) is 4.05. The average molecular weight is 182 g/mol. The minimum Gasteiger partial charge on any atom is -0.490 e. The van der Waals surface area contributed by atoms with Crippen LogP contribution >= 0.6 is 0 Å². The van der Waals surface area contributed by atoms with Crippen LogP contribution in [0.4, 0.5) is 4.39 Å². The predicted octanol–water partition coefficient (Wildman–Crippen LogP) is 2.43. The van der Waals surface area contributed by atoms with Gasteiger partial charge in [-0.1, -0.05) is 6.07 Å². The first kappa shape index (κ1) is 9.71. The van der Waals surface area contributed by atoms with Gasteiger partial charge >= 0.3 is 0 Å². The molecule has 0 spiro atoms. The Balaban J connectivity index is 3.05. The van der Waals surface area contributed by atoms with Crippen LogP contribution in [0.3, 0.4) is 0 Å². The van der Waals surface area contributed by atoms with Gasteiger partial charge in [-0.2, -0.15) is 0 Å². The lowest BCUT2D eigenvalue weighted by Gasteiger charge is -2.11. The van der Waals surface area contributed by atoms with Crippen molar-refractivity contribution in [1.82, 2.24) is 0 Å². The summed E-state index contributed by atoms with van der Waals surface area (Å²) in [6.45, 7) is 3.64. The highest BCUT2D eigenvalue weighted by atomic mass is 19.1. The Morgan fingerprint density at radius 3 is 2.69 bits per heavy atom. The summed E-state index contributed by atoms with van der Waals surface area (Å²) in [5, 5.41) is 0. The van der Waals surface area contributed by atoms with Crippen molar-refractivity contribution in [2.24, 2.45) is 0 Å². The van der Waals surface area contributed by atoms with E-state index in [1.807, 2.05) is 13.8 Å². The Labute approximate surface area is 76.3 Å². The third-order valence-electron chi connectivity index (χ3n) is 1.49. The van der Waals surface area contributed by atoms with Crippen molar-refractivity contribution in [3.63, 3.8) is 0 Å². The van der Waals surface area contributed by atoms with Crippen molar-refractivity contribution in [2.75, 3.05) is 0 Å². The molecule has 0 N–H and O–H groups in total. The van der Waals surface area contributed by atoms with E-state index in [1.165, 1.54) is 12.1 Å². The predicted molar refractivity (Wildman–Crippen MR) is 47.6 cm³/mol. The number of hydrogen-bond acceptors (Lipinski definition) is 2. The van der Waals surface area contributed by atoms with Gasteiger partial charge in [0.2, 0.25) is 0 Å². The zero-order chi connectivity index (χ0) is 9.84. The summed E-state index contributed by atoms with van der Waals surface area (Å²) in [5.74, 6) is -0.252. The summed E-state index contributed by atoms with van der Waals surface area (Å²) in [7, 11) is 0. The van der Waals surface area contributed by atoms with Crippen LogP contribution in [0, 0.1) is 5.82 Å². The van der Waals surface area contributed by atoms with Gasteiger partial charge in [-0.3, -0.25) is 4.79 Å². The zero-order valence-corrected chi connectivity index (χ0v) is 7.58. The van der Waals surface area contributed by atoms with Crippen LogP contribution < -0.4 is 4.74 Å². The lowest BCUT2D eigenvalue weighted by atomic mass is 10.2. The molecule has 0 aliphatic carbocycles. The van der Waals surface area contributed by atoms with Gasteiger partial charge in [0.05, 0.1) is 11.7 Å². The van der Waals surface area contributed by atoms with Gasteiger partial charge in [-0.25, -0.2) is 4.39 Å². The molecule has 0 unspecified atom stereocenters. The maximum atomic E-state index is 13.0. The number of ether oxygens (including phenoxy) is 1. The quantitative estimate of drug-likeness (QED) is 0.671. The van der Waals surface area contributed by atoms with E-state index < -0.39 is 5.82 Å². The fourth-order valence-electron chi connectivity index (χ4n) is 0.988. The normalized spacial score (nSPS) is 10.2. The molecule has 0 atom stereocenters. The number of benzene rings is 1. The first-order valence-electron chi connectivity index (χ1n) is 4.05. The molecule has 2 nitrogen and oxygen atoms in total. The van der Waals surface area contributed by atoms with Gasteiger partial charge in [0.25, 0.3) is 0 Å². The molecular weight excluding hydrogens is 171 g/mol. The molecule has 0 aliphatic heterocycles. The molecule has 0 amide bonds. The molecule has 0 aliphatic rings. The van der Waals surface area contributed by atoms with Gasteiger partial charge in [0.15, 0.2) is 6.29 Å². The number of rotatable bonds is 3. The second-order valence-electron chi connectivity index (χ2n) is 2.94. The lowest BCUT2D eigenvalue weighted by Crippen LogP contribution is -2.08. The molecule has 0 fully saturated rings. The molecule has 0 radical (unpaired) electrons. The maximum Gasteiger partial charge on any atom is 0.156 e. The van der Waals surface area contributed by atoms with E-state index >= 15 is 0 Å².